The summed E-state index contributed by atoms with van der Waals surface area (Å²) >= 11 is 0. The first-order chi connectivity index (χ1) is 34.4. The van der Waals surface area contributed by atoms with Crippen molar-refractivity contribution in [1.82, 2.24) is 0 Å². The lowest BCUT2D eigenvalue weighted by Gasteiger charge is -2.35. The Morgan fingerprint density at radius 1 is 0.386 bits per heavy atom. The van der Waals surface area contributed by atoms with E-state index in [0.29, 0.717) is 5.92 Å². The van der Waals surface area contributed by atoms with Gasteiger partial charge in [-0.2, -0.15) is 0 Å². The van der Waals surface area contributed by atoms with Crippen LogP contribution in [-0.2, 0) is 10.8 Å². The predicted octanol–water partition coefficient (Wildman–Crippen LogP) is 18.2. The van der Waals surface area contributed by atoms with Crippen LogP contribution in [0.4, 0.5) is 17.1 Å². The number of benzene rings is 10. The van der Waals surface area contributed by atoms with Gasteiger partial charge in [-0.3, -0.25) is 0 Å². The number of nitrogens with zero attached hydrogens (tertiary/aromatic N) is 1. The average molecular weight is 898 g/mol. The molecule has 1 heteroatoms. The van der Waals surface area contributed by atoms with Gasteiger partial charge < -0.3 is 4.90 Å². The molecule has 3 atom stereocenters. The normalized spacial score (nSPS) is 18.6. The summed E-state index contributed by atoms with van der Waals surface area (Å²) < 4.78 is 0. The van der Waals surface area contributed by atoms with Crippen molar-refractivity contribution in [2.45, 2.75) is 56.3 Å². The molecular weight excluding hydrogens is 843 g/mol. The zero-order valence-corrected chi connectivity index (χ0v) is 39.9. The molecule has 0 N–H and O–H groups in total. The number of rotatable bonds is 8. The molecule has 2 saturated carbocycles. The van der Waals surface area contributed by atoms with E-state index >= 15 is 0 Å². The van der Waals surface area contributed by atoms with Gasteiger partial charge in [0.1, 0.15) is 0 Å². The maximum atomic E-state index is 2.65. The quantitative estimate of drug-likeness (QED) is 0.147. The first kappa shape index (κ1) is 41.3. The Hall–Kier alpha value is -7.74. The van der Waals surface area contributed by atoms with E-state index in [4.69, 9.17) is 0 Å². The highest BCUT2D eigenvalue weighted by molar-refractivity contribution is 6.07. The van der Waals surface area contributed by atoms with Crippen LogP contribution in [0.1, 0.15) is 84.4 Å². The van der Waals surface area contributed by atoms with Crippen LogP contribution in [0.25, 0.3) is 55.3 Å². The third-order valence-electron chi connectivity index (χ3n) is 17.2. The molecule has 3 unspecified atom stereocenters. The van der Waals surface area contributed by atoms with E-state index in [1.54, 1.807) is 0 Å². The Balaban J connectivity index is 1.01. The molecule has 10 aromatic rings. The van der Waals surface area contributed by atoms with Crippen molar-refractivity contribution in [2.24, 2.45) is 11.8 Å². The number of fused-ring (bicyclic) bond motifs is 9. The number of anilines is 3. The molecule has 0 aliphatic heterocycles. The fraction of sp³-hybridized carbons (Fsp3) is 0.159. The molecule has 4 aliphatic carbocycles. The van der Waals surface area contributed by atoms with Crippen LogP contribution >= 0.6 is 0 Å². The number of hydrogen-bond donors (Lipinski definition) is 0. The minimum atomic E-state index is -0.526. The van der Waals surface area contributed by atoms with Crippen LogP contribution in [0.2, 0.25) is 0 Å². The molecule has 14 rings (SSSR count). The third kappa shape index (κ3) is 6.17. The Bertz CT molecular complexity index is 3610. The molecule has 10 aromatic carbocycles. The van der Waals surface area contributed by atoms with Gasteiger partial charge >= 0.3 is 0 Å². The molecule has 2 fully saturated rings. The van der Waals surface area contributed by atoms with E-state index in [-0.39, 0.29) is 5.41 Å². The first-order valence-electron chi connectivity index (χ1n) is 25.6. The van der Waals surface area contributed by atoms with E-state index in [1.807, 2.05) is 0 Å². The second-order valence-corrected chi connectivity index (χ2v) is 21.2. The molecule has 0 heterocycles. The van der Waals surface area contributed by atoms with Crippen LogP contribution in [-0.4, -0.2) is 0 Å². The Labute approximate surface area is 412 Å². The van der Waals surface area contributed by atoms with Crippen LogP contribution in [0.5, 0.6) is 0 Å². The topological polar surface area (TPSA) is 3.24 Å². The highest BCUT2D eigenvalue weighted by atomic mass is 15.1. The SMILES string of the molecule is CC1(C)c2ccccc2-c2cc(N(c3cccc(-c4cccc5cccc(-c6ccccc6)c45)c3)c3ccc4c(c3)C(c3ccccc3)(c3ccccc3)c3cc(C5CC6CCC5C6)ccc3-4)ccc21. The summed E-state index contributed by atoms with van der Waals surface area (Å²) in [4.78, 5) is 2.53. The second kappa shape index (κ2) is 15.9. The monoisotopic (exact) mass is 897 g/mol. The van der Waals surface area contributed by atoms with Crippen LogP contribution < -0.4 is 4.90 Å². The molecule has 70 heavy (non-hydrogen) atoms. The zero-order chi connectivity index (χ0) is 46.6. The molecule has 2 bridgehead atoms. The fourth-order valence-corrected chi connectivity index (χ4v) is 14.1. The maximum absolute atomic E-state index is 2.65. The van der Waals surface area contributed by atoms with Gasteiger partial charge in [0.15, 0.2) is 0 Å². The highest BCUT2D eigenvalue weighted by Crippen LogP contribution is 2.60. The Morgan fingerprint density at radius 3 is 1.66 bits per heavy atom. The molecule has 4 aliphatic rings. The summed E-state index contributed by atoms with van der Waals surface area (Å²) in [5.74, 6) is 2.32. The summed E-state index contributed by atoms with van der Waals surface area (Å²) in [5, 5.41) is 2.51. The Kier molecular flexibility index (Phi) is 9.37. The molecule has 0 saturated heterocycles. The molecule has 0 spiro atoms. The largest absolute Gasteiger partial charge is 0.310 e. The molecule has 1 nitrogen and oxygen atoms in total. The maximum Gasteiger partial charge on any atom is 0.0714 e. The summed E-state index contributed by atoms with van der Waals surface area (Å²) in [6, 6.07) is 87.6. The van der Waals surface area contributed by atoms with Crippen molar-refractivity contribution in [1.29, 1.82) is 0 Å². The van der Waals surface area contributed by atoms with E-state index in [0.717, 1.165) is 28.9 Å². The van der Waals surface area contributed by atoms with Crippen molar-refractivity contribution in [3.8, 4) is 44.5 Å². The standard InChI is InChI=1S/C69H55N/c1-68(2)63-30-13-12-27-58(63)62-43-54(35-38-64(62)68)70(53-26-14-21-48(41-53)57-29-16-20-47-19-15-28-56(67(47)57)46-17-6-3-7-18-46)55-34-37-60-59-36-33-50(61-40-45-31-32-49(61)39-45)42-65(59)69(66(60)44-55,51-22-8-4-9-23-51)52-24-10-5-11-25-52/h3-30,33-38,41-45,49,61H,31-32,39-40H2,1-2H3. The third-order valence-corrected chi connectivity index (χ3v) is 17.2. The van der Waals surface area contributed by atoms with E-state index in [1.165, 1.54) is 120 Å². The van der Waals surface area contributed by atoms with E-state index in [2.05, 4.69) is 249 Å². The average Bonchev–Trinajstić information content (AvgIpc) is 4.18. The van der Waals surface area contributed by atoms with Gasteiger partial charge in [0, 0.05) is 22.5 Å². The second-order valence-electron chi connectivity index (χ2n) is 21.2. The lowest BCUT2D eigenvalue weighted by molar-refractivity contribution is 0.419. The molecule has 0 radical (unpaired) electrons. The van der Waals surface area contributed by atoms with Gasteiger partial charge in [0.2, 0.25) is 0 Å². The lowest BCUT2D eigenvalue weighted by atomic mass is 9.67. The van der Waals surface area contributed by atoms with Crippen molar-refractivity contribution in [2.75, 3.05) is 4.90 Å². The summed E-state index contributed by atoms with van der Waals surface area (Å²) in [5.41, 5.74) is 22.6. The van der Waals surface area contributed by atoms with Gasteiger partial charge in [-0.15, -0.1) is 0 Å². The molecular formula is C69H55N. The summed E-state index contributed by atoms with van der Waals surface area (Å²) in [6.07, 6.45) is 5.50. The van der Waals surface area contributed by atoms with Crippen LogP contribution in [0.3, 0.4) is 0 Å². The van der Waals surface area contributed by atoms with Crippen LogP contribution in [0.15, 0.2) is 231 Å². The summed E-state index contributed by atoms with van der Waals surface area (Å²) in [7, 11) is 0. The molecule has 0 amide bonds. The van der Waals surface area contributed by atoms with Gasteiger partial charge in [-0.1, -0.05) is 214 Å². The van der Waals surface area contributed by atoms with Crippen molar-refractivity contribution in [3.05, 3.63) is 269 Å². The lowest BCUT2D eigenvalue weighted by Crippen LogP contribution is -2.29. The minimum absolute atomic E-state index is 0.0960. The zero-order valence-electron chi connectivity index (χ0n) is 39.9. The Morgan fingerprint density at radius 2 is 0.943 bits per heavy atom. The van der Waals surface area contributed by atoms with E-state index < -0.39 is 5.41 Å². The van der Waals surface area contributed by atoms with Crippen LogP contribution in [0, 0.1) is 11.8 Å². The van der Waals surface area contributed by atoms with Crippen molar-refractivity contribution in [3.63, 3.8) is 0 Å². The van der Waals surface area contributed by atoms with Crippen molar-refractivity contribution >= 4 is 27.8 Å². The summed E-state index contributed by atoms with van der Waals surface area (Å²) in [6.45, 7) is 4.75. The van der Waals surface area contributed by atoms with Gasteiger partial charge in [0.25, 0.3) is 0 Å². The highest BCUT2D eigenvalue weighted by Gasteiger charge is 2.48. The number of hydrogen-bond acceptors (Lipinski definition) is 1. The predicted molar refractivity (Wildman–Crippen MR) is 293 cm³/mol. The van der Waals surface area contributed by atoms with Gasteiger partial charge in [0.05, 0.1) is 5.41 Å². The fourth-order valence-electron chi connectivity index (χ4n) is 14.1. The van der Waals surface area contributed by atoms with Gasteiger partial charge in [-0.25, -0.2) is 0 Å². The molecule has 336 valence electrons. The van der Waals surface area contributed by atoms with Gasteiger partial charge in [-0.05, 0) is 168 Å². The molecule has 0 aromatic heterocycles. The van der Waals surface area contributed by atoms with E-state index in [9.17, 15) is 0 Å². The minimum Gasteiger partial charge on any atom is -0.310 e. The van der Waals surface area contributed by atoms with Crippen molar-refractivity contribution < 1.29 is 0 Å². The smallest absolute Gasteiger partial charge is 0.0714 e. The first-order valence-corrected chi connectivity index (χ1v) is 25.6.